The van der Waals surface area contributed by atoms with E-state index in [0.29, 0.717) is 12.8 Å². The van der Waals surface area contributed by atoms with Crippen LogP contribution in [0.2, 0.25) is 0 Å². The molecule has 0 heterocycles. The second-order valence-corrected chi connectivity index (χ2v) is 5.92. The monoisotopic (exact) mass is 342 g/mol. The minimum Gasteiger partial charge on any atom is -0.392 e. The molecule has 0 spiro atoms. The lowest BCUT2D eigenvalue weighted by Crippen LogP contribution is -2.45. The van der Waals surface area contributed by atoms with Crippen LogP contribution in [0, 0.1) is 12.3 Å². The molecule has 0 aliphatic rings. The molecule has 0 bridgehead atoms. The summed E-state index contributed by atoms with van der Waals surface area (Å²) in [5.41, 5.74) is 6.78. The van der Waals surface area contributed by atoms with Crippen LogP contribution >= 0.6 is 28.1 Å². The molecule has 0 fully saturated rings. The summed E-state index contributed by atoms with van der Waals surface area (Å²) >= 11 is 8.48. The van der Waals surface area contributed by atoms with E-state index in [4.69, 9.17) is 18.0 Å². The highest BCUT2D eigenvalue weighted by molar-refractivity contribution is 9.10. The summed E-state index contributed by atoms with van der Waals surface area (Å²) < 4.78 is 0.981. The molecule has 1 amide bonds. The second kappa shape index (κ2) is 6.48. The van der Waals surface area contributed by atoms with Crippen molar-refractivity contribution in [3.05, 3.63) is 28.2 Å². The number of amides is 1. The van der Waals surface area contributed by atoms with Crippen LogP contribution in [0.25, 0.3) is 0 Å². The van der Waals surface area contributed by atoms with Crippen molar-refractivity contribution < 1.29 is 4.79 Å². The van der Waals surface area contributed by atoms with E-state index >= 15 is 0 Å². The zero-order valence-corrected chi connectivity index (χ0v) is 13.8. The number of benzene rings is 1. The first kappa shape index (κ1) is 16.1. The quantitative estimate of drug-likeness (QED) is 0.800. The molecule has 104 valence electrons. The molecule has 3 N–H and O–H groups in total. The molecule has 0 aromatic heterocycles. The van der Waals surface area contributed by atoms with Gasteiger partial charge in [0.1, 0.15) is 0 Å². The summed E-state index contributed by atoms with van der Waals surface area (Å²) in [5, 5.41) is 2.93. The van der Waals surface area contributed by atoms with E-state index in [1.807, 2.05) is 39.0 Å². The van der Waals surface area contributed by atoms with Crippen molar-refractivity contribution in [2.45, 2.75) is 33.6 Å². The van der Waals surface area contributed by atoms with Crippen LogP contribution in [0.1, 0.15) is 32.3 Å². The Bertz CT molecular complexity index is 498. The second-order valence-electron chi connectivity index (χ2n) is 4.57. The minimum absolute atomic E-state index is 0.129. The first-order valence-electron chi connectivity index (χ1n) is 6.25. The van der Waals surface area contributed by atoms with Gasteiger partial charge in [-0.25, -0.2) is 0 Å². The van der Waals surface area contributed by atoms with E-state index in [9.17, 15) is 4.79 Å². The lowest BCUT2D eigenvalue weighted by Gasteiger charge is -2.29. The third-order valence-corrected chi connectivity index (χ3v) is 4.43. The maximum Gasteiger partial charge on any atom is 0.237 e. The van der Waals surface area contributed by atoms with Crippen LogP contribution in [0.15, 0.2) is 22.7 Å². The van der Waals surface area contributed by atoms with Crippen molar-refractivity contribution in [3.63, 3.8) is 0 Å². The van der Waals surface area contributed by atoms with Crippen LogP contribution in [0.4, 0.5) is 5.69 Å². The smallest absolute Gasteiger partial charge is 0.237 e. The molecule has 0 aliphatic carbocycles. The zero-order chi connectivity index (χ0) is 14.6. The van der Waals surface area contributed by atoms with Gasteiger partial charge in [-0.2, -0.15) is 0 Å². The van der Waals surface area contributed by atoms with Crippen molar-refractivity contribution >= 4 is 44.7 Å². The van der Waals surface area contributed by atoms with Crippen LogP contribution in [0.3, 0.4) is 0 Å². The number of anilines is 1. The minimum atomic E-state index is -0.769. The first-order chi connectivity index (χ1) is 8.87. The van der Waals surface area contributed by atoms with Gasteiger partial charge in [-0.05, 0) is 43.5 Å². The van der Waals surface area contributed by atoms with Crippen LogP contribution in [0.5, 0.6) is 0 Å². The van der Waals surface area contributed by atoms with Gasteiger partial charge in [-0.3, -0.25) is 4.79 Å². The van der Waals surface area contributed by atoms with E-state index in [2.05, 4.69) is 21.2 Å². The Hall–Kier alpha value is -0.940. The van der Waals surface area contributed by atoms with Gasteiger partial charge in [0.05, 0.1) is 10.4 Å². The number of nitrogens with one attached hydrogen (secondary N) is 1. The maximum atomic E-state index is 12.5. The number of carbonyl (C=O) groups excluding carboxylic acids is 1. The Morgan fingerprint density at radius 2 is 2.00 bits per heavy atom. The lowest BCUT2D eigenvalue weighted by molar-refractivity contribution is -0.122. The summed E-state index contributed by atoms with van der Waals surface area (Å²) in [6.07, 6.45) is 1.19. The van der Waals surface area contributed by atoms with E-state index in [0.717, 1.165) is 15.7 Å². The normalized spacial score (nSPS) is 11.2. The summed E-state index contributed by atoms with van der Waals surface area (Å²) in [4.78, 5) is 12.7. The number of nitrogens with two attached hydrogens (primary N) is 1. The average molecular weight is 343 g/mol. The zero-order valence-electron chi connectivity index (χ0n) is 11.4. The van der Waals surface area contributed by atoms with Gasteiger partial charge >= 0.3 is 0 Å². The van der Waals surface area contributed by atoms with Crippen molar-refractivity contribution in [3.8, 4) is 0 Å². The predicted octanol–water partition coefficient (Wildman–Crippen LogP) is 3.79. The molecule has 19 heavy (non-hydrogen) atoms. The van der Waals surface area contributed by atoms with Gasteiger partial charge in [0.15, 0.2) is 0 Å². The molecule has 0 saturated carbocycles. The van der Waals surface area contributed by atoms with E-state index in [1.165, 1.54) is 0 Å². The molecule has 0 radical (unpaired) electrons. The number of carbonyl (C=O) groups is 1. The van der Waals surface area contributed by atoms with Crippen LogP contribution in [-0.4, -0.2) is 10.9 Å². The first-order valence-corrected chi connectivity index (χ1v) is 7.45. The van der Waals surface area contributed by atoms with Gasteiger partial charge < -0.3 is 11.1 Å². The Morgan fingerprint density at radius 3 is 2.42 bits per heavy atom. The maximum absolute atomic E-state index is 12.5. The summed E-state index contributed by atoms with van der Waals surface area (Å²) in [6.45, 7) is 5.80. The summed E-state index contributed by atoms with van der Waals surface area (Å²) in [5.74, 6) is -0.129. The number of hydrogen-bond donors (Lipinski definition) is 2. The third kappa shape index (κ3) is 3.34. The Morgan fingerprint density at radius 1 is 1.42 bits per heavy atom. The van der Waals surface area contributed by atoms with Crippen LogP contribution in [-0.2, 0) is 4.79 Å². The van der Waals surface area contributed by atoms with E-state index in [-0.39, 0.29) is 10.9 Å². The predicted molar refractivity (Wildman–Crippen MR) is 87.3 cm³/mol. The highest BCUT2D eigenvalue weighted by atomic mass is 79.9. The fourth-order valence-electron chi connectivity index (χ4n) is 2.04. The van der Waals surface area contributed by atoms with Gasteiger partial charge in [-0.1, -0.05) is 42.0 Å². The van der Waals surface area contributed by atoms with Gasteiger partial charge in [0.2, 0.25) is 5.91 Å². The highest BCUT2D eigenvalue weighted by Crippen LogP contribution is 2.30. The molecule has 0 unspecified atom stereocenters. The Labute approximate surface area is 128 Å². The van der Waals surface area contributed by atoms with Crippen molar-refractivity contribution in [1.29, 1.82) is 0 Å². The van der Waals surface area contributed by atoms with E-state index < -0.39 is 5.41 Å². The lowest BCUT2D eigenvalue weighted by atomic mass is 9.81. The van der Waals surface area contributed by atoms with Gasteiger partial charge in [0, 0.05) is 10.2 Å². The SMILES string of the molecule is CCC(CC)(C(=O)Nc1ccc(Br)cc1C)C(N)=S. The van der Waals surface area contributed by atoms with Crippen LogP contribution < -0.4 is 11.1 Å². The summed E-state index contributed by atoms with van der Waals surface area (Å²) in [7, 11) is 0. The number of halogens is 1. The fraction of sp³-hybridized carbons (Fsp3) is 0.429. The molecule has 3 nitrogen and oxygen atoms in total. The Kier molecular flexibility index (Phi) is 5.50. The highest BCUT2D eigenvalue weighted by Gasteiger charge is 2.38. The van der Waals surface area contributed by atoms with Crippen molar-refractivity contribution in [1.82, 2.24) is 0 Å². The Balaban J connectivity index is 3.03. The number of aryl methyl sites for hydroxylation is 1. The molecule has 1 rings (SSSR count). The van der Waals surface area contributed by atoms with Gasteiger partial charge in [-0.15, -0.1) is 0 Å². The molecule has 1 aromatic carbocycles. The molecule has 0 aliphatic heterocycles. The third-order valence-electron chi connectivity index (χ3n) is 3.55. The number of hydrogen-bond acceptors (Lipinski definition) is 2. The molecule has 1 aromatic rings. The van der Waals surface area contributed by atoms with Crippen molar-refractivity contribution in [2.75, 3.05) is 5.32 Å². The number of thiocarbonyl (C=S) groups is 1. The molecular formula is C14H19BrN2OS. The van der Waals surface area contributed by atoms with E-state index in [1.54, 1.807) is 0 Å². The standard InChI is InChI=1S/C14H19BrN2OS/c1-4-14(5-2,12(16)19)13(18)17-11-7-6-10(15)8-9(11)3/h6-8H,4-5H2,1-3H3,(H2,16,19)(H,17,18). The molecule has 0 atom stereocenters. The largest absolute Gasteiger partial charge is 0.392 e. The topological polar surface area (TPSA) is 55.1 Å². The fourth-order valence-corrected chi connectivity index (χ4v) is 2.90. The number of rotatable bonds is 5. The van der Waals surface area contributed by atoms with Crippen molar-refractivity contribution in [2.24, 2.45) is 11.1 Å². The molecule has 0 saturated heterocycles. The average Bonchev–Trinajstić information content (AvgIpc) is 2.34. The molecular weight excluding hydrogens is 324 g/mol. The molecule has 5 heteroatoms. The summed E-state index contributed by atoms with van der Waals surface area (Å²) in [6, 6.07) is 5.71. The van der Waals surface area contributed by atoms with Gasteiger partial charge in [0.25, 0.3) is 0 Å².